The summed E-state index contributed by atoms with van der Waals surface area (Å²) in [6.45, 7) is 0. The van der Waals surface area contributed by atoms with E-state index in [0.717, 1.165) is 0 Å². The average molecular weight is 354 g/mol. The molecule has 0 saturated carbocycles. The molecule has 0 radical (unpaired) electrons. The molecule has 0 atom stereocenters. The topological polar surface area (TPSA) is 123 Å². The van der Waals surface area contributed by atoms with Crippen LogP contribution in [0.4, 0.5) is 5.95 Å². The minimum atomic E-state index is 0.0173. The number of ether oxygens (including phenoxy) is 3. The molecule has 10 nitrogen and oxygen atoms in total. The molecule has 0 spiro atoms. The van der Waals surface area contributed by atoms with Gasteiger partial charge in [0.2, 0.25) is 11.8 Å². The van der Waals surface area contributed by atoms with Gasteiger partial charge in [0.05, 0.1) is 20.5 Å². The number of furan rings is 1. The fraction of sp³-hybridized carbons (Fsp3) is 0.125. The van der Waals surface area contributed by atoms with Gasteiger partial charge in [0.15, 0.2) is 5.76 Å². The molecule has 0 aliphatic carbocycles. The highest BCUT2D eigenvalue weighted by Crippen LogP contribution is 2.30. The summed E-state index contributed by atoms with van der Waals surface area (Å²) in [6.07, 6.45) is 1.53. The molecule has 0 amide bonds. The Bertz CT molecular complexity index is 1040. The second-order valence-electron chi connectivity index (χ2n) is 5.14. The molecule has 26 heavy (non-hydrogen) atoms. The standard InChI is InChI=1S/C16H14N6O4/c1-23-9-6-10(24-2)8-11(7-9)26-16-19-14(17)22-15(20-16)18-13(21-22)12-4-3-5-25-12/h3-8H,1-2H3,(H2,17,18,19,20,21). The highest BCUT2D eigenvalue weighted by molar-refractivity contribution is 5.51. The largest absolute Gasteiger partial charge is 0.496 e. The molecule has 132 valence electrons. The first-order chi connectivity index (χ1) is 12.7. The molecule has 0 bridgehead atoms. The first kappa shape index (κ1) is 15.7. The van der Waals surface area contributed by atoms with Crippen LogP contribution in [0.15, 0.2) is 41.0 Å². The molecule has 4 aromatic rings. The van der Waals surface area contributed by atoms with Gasteiger partial charge in [-0.05, 0) is 12.1 Å². The van der Waals surface area contributed by atoms with E-state index in [1.54, 1.807) is 44.6 Å². The van der Waals surface area contributed by atoms with Gasteiger partial charge in [-0.1, -0.05) is 0 Å². The highest BCUT2D eigenvalue weighted by Gasteiger charge is 2.15. The predicted molar refractivity (Wildman–Crippen MR) is 90.3 cm³/mol. The normalized spacial score (nSPS) is 10.8. The van der Waals surface area contributed by atoms with E-state index in [2.05, 4.69) is 20.1 Å². The summed E-state index contributed by atoms with van der Waals surface area (Å²) in [7, 11) is 3.09. The second kappa shape index (κ2) is 6.24. The smallest absolute Gasteiger partial charge is 0.328 e. The molecule has 4 rings (SSSR count). The van der Waals surface area contributed by atoms with Crippen molar-refractivity contribution in [2.45, 2.75) is 0 Å². The fourth-order valence-electron chi connectivity index (χ4n) is 2.29. The lowest BCUT2D eigenvalue weighted by molar-refractivity contribution is 0.382. The summed E-state index contributed by atoms with van der Waals surface area (Å²) in [6, 6.07) is 8.55. The zero-order chi connectivity index (χ0) is 18.1. The van der Waals surface area contributed by atoms with Crippen molar-refractivity contribution in [3.63, 3.8) is 0 Å². The van der Waals surface area contributed by atoms with Gasteiger partial charge in [0.25, 0.3) is 5.78 Å². The van der Waals surface area contributed by atoms with Crippen molar-refractivity contribution in [3.8, 4) is 34.8 Å². The average Bonchev–Trinajstić information content (AvgIpc) is 3.30. The lowest BCUT2D eigenvalue weighted by Gasteiger charge is -2.09. The zero-order valence-electron chi connectivity index (χ0n) is 13.9. The minimum absolute atomic E-state index is 0.0173. The van der Waals surface area contributed by atoms with E-state index in [0.29, 0.717) is 28.8 Å². The van der Waals surface area contributed by atoms with Gasteiger partial charge in [-0.3, -0.25) is 0 Å². The Morgan fingerprint density at radius 3 is 2.38 bits per heavy atom. The molecular weight excluding hydrogens is 340 g/mol. The van der Waals surface area contributed by atoms with Crippen LogP contribution < -0.4 is 19.9 Å². The first-order valence-electron chi connectivity index (χ1n) is 7.51. The Balaban J connectivity index is 1.71. The van der Waals surface area contributed by atoms with E-state index in [-0.39, 0.29) is 17.7 Å². The van der Waals surface area contributed by atoms with E-state index >= 15 is 0 Å². The maximum atomic E-state index is 5.94. The number of nitrogens with two attached hydrogens (primary N) is 1. The van der Waals surface area contributed by atoms with E-state index in [4.69, 9.17) is 24.4 Å². The molecule has 2 N–H and O–H groups in total. The number of hydrogen-bond donors (Lipinski definition) is 1. The summed E-state index contributed by atoms with van der Waals surface area (Å²) < 4.78 is 22.7. The number of nitrogen functional groups attached to an aromatic ring is 1. The summed E-state index contributed by atoms with van der Waals surface area (Å²) in [4.78, 5) is 12.6. The van der Waals surface area contributed by atoms with E-state index in [9.17, 15) is 0 Å². The summed E-state index contributed by atoms with van der Waals surface area (Å²) in [5, 5.41) is 4.22. The van der Waals surface area contributed by atoms with Crippen LogP contribution in [0.2, 0.25) is 0 Å². The van der Waals surface area contributed by atoms with Gasteiger partial charge in [-0.2, -0.15) is 19.5 Å². The van der Waals surface area contributed by atoms with Crippen LogP contribution in [0.3, 0.4) is 0 Å². The third kappa shape index (κ3) is 2.83. The lowest BCUT2D eigenvalue weighted by Crippen LogP contribution is -2.05. The van der Waals surface area contributed by atoms with Crippen molar-refractivity contribution in [1.29, 1.82) is 0 Å². The molecule has 0 unspecified atom stereocenters. The van der Waals surface area contributed by atoms with Crippen molar-refractivity contribution >= 4 is 11.7 Å². The molecule has 0 aliphatic rings. The third-order valence-corrected chi connectivity index (χ3v) is 3.49. The molecule has 0 saturated heterocycles. The number of nitrogens with zero attached hydrogens (tertiary/aromatic N) is 5. The van der Waals surface area contributed by atoms with Crippen LogP contribution in [-0.2, 0) is 0 Å². The number of hydrogen-bond acceptors (Lipinski definition) is 9. The van der Waals surface area contributed by atoms with Crippen LogP contribution in [0.5, 0.6) is 23.3 Å². The maximum Gasteiger partial charge on any atom is 0.328 e. The fourth-order valence-corrected chi connectivity index (χ4v) is 2.29. The Labute approximate surface area is 147 Å². The van der Waals surface area contributed by atoms with Crippen LogP contribution in [0.25, 0.3) is 17.4 Å². The van der Waals surface area contributed by atoms with Gasteiger partial charge < -0.3 is 24.4 Å². The Morgan fingerprint density at radius 1 is 1.00 bits per heavy atom. The van der Waals surface area contributed by atoms with Crippen molar-refractivity contribution in [2.75, 3.05) is 20.0 Å². The Hall–Kier alpha value is -3.82. The lowest BCUT2D eigenvalue weighted by atomic mass is 10.3. The number of methoxy groups -OCH3 is 2. The minimum Gasteiger partial charge on any atom is -0.496 e. The molecule has 0 fully saturated rings. The van der Waals surface area contributed by atoms with Crippen LogP contribution in [-0.4, -0.2) is 38.8 Å². The van der Waals surface area contributed by atoms with E-state index < -0.39 is 0 Å². The van der Waals surface area contributed by atoms with Crippen molar-refractivity contribution in [1.82, 2.24) is 24.6 Å². The maximum absolute atomic E-state index is 5.94. The molecule has 3 aromatic heterocycles. The predicted octanol–water partition coefficient (Wildman–Crippen LogP) is 2.17. The molecule has 10 heteroatoms. The van der Waals surface area contributed by atoms with Gasteiger partial charge >= 0.3 is 6.01 Å². The van der Waals surface area contributed by atoms with Gasteiger partial charge in [0, 0.05) is 18.2 Å². The number of fused-ring (bicyclic) bond motifs is 1. The highest BCUT2D eigenvalue weighted by atomic mass is 16.5. The number of anilines is 1. The third-order valence-electron chi connectivity index (χ3n) is 3.49. The molecular formula is C16H14N6O4. The van der Waals surface area contributed by atoms with Crippen LogP contribution >= 0.6 is 0 Å². The number of benzene rings is 1. The van der Waals surface area contributed by atoms with Crippen LogP contribution in [0.1, 0.15) is 0 Å². The summed E-state index contributed by atoms with van der Waals surface area (Å²) >= 11 is 0. The molecule has 3 heterocycles. The van der Waals surface area contributed by atoms with Crippen LogP contribution in [0, 0.1) is 0 Å². The van der Waals surface area contributed by atoms with Gasteiger partial charge in [-0.15, -0.1) is 5.10 Å². The summed E-state index contributed by atoms with van der Waals surface area (Å²) in [5.41, 5.74) is 5.94. The molecule has 0 aliphatic heterocycles. The quantitative estimate of drug-likeness (QED) is 0.574. The van der Waals surface area contributed by atoms with Crippen molar-refractivity contribution in [3.05, 3.63) is 36.6 Å². The van der Waals surface area contributed by atoms with Gasteiger partial charge in [-0.25, -0.2) is 0 Å². The first-order valence-corrected chi connectivity index (χ1v) is 7.51. The zero-order valence-corrected chi connectivity index (χ0v) is 13.9. The van der Waals surface area contributed by atoms with E-state index in [1.165, 1.54) is 10.8 Å². The SMILES string of the molecule is COc1cc(OC)cc(Oc2nc(N)n3nc(-c4ccco4)nc3n2)c1. The molecule has 1 aromatic carbocycles. The van der Waals surface area contributed by atoms with Crippen molar-refractivity contribution < 1.29 is 18.6 Å². The van der Waals surface area contributed by atoms with E-state index in [1.807, 2.05) is 0 Å². The number of rotatable bonds is 5. The Morgan fingerprint density at radius 2 is 1.73 bits per heavy atom. The Kier molecular flexibility index (Phi) is 3.77. The monoisotopic (exact) mass is 354 g/mol. The van der Waals surface area contributed by atoms with Crippen molar-refractivity contribution in [2.24, 2.45) is 0 Å². The second-order valence-corrected chi connectivity index (χ2v) is 5.14. The summed E-state index contributed by atoms with van der Waals surface area (Å²) in [5.74, 6) is 2.70. The number of aromatic nitrogens is 5. The van der Waals surface area contributed by atoms with Gasteiger partial charge in [0.1, 0.15) is 17.2 Å².